The first-order valence-electron chi connectivity index (χ1n) is 3.75. The first-order valence-corrected chi connectivity index (χ1v) is 3.75. The molecule has 2 aliphatic rings. The number of hydrogen-bond acceptors (Lipinski definition) is 2. The molecule has 0 aromatic heterocycles. The highest BCUT2D eigenvalue weighted by atomic mass is 35.5. The highest BCUT2D eigenvalue weighted by Gasteiger charge is 2.45. The molecule has 64 valence electrons. The zero-order chi connectivity index (χ0) is 7.14. The molecule has 2 N–H and O–H groups in total. The van der Waals surface area contributed by atoms with Gasteiger partial charge in [-0.3, -0.25) is 4.79 Å². The van der Waals surface area contributed by atoms with E-state index in [4.69, 9.17) is 5.11 Å². The molecule has 0 amide bonds. The molecule has 2 fully saturated rings. The SMILES string of the molecule is Cl.O=C(O)C1[C@@H]2CC[C@@H]1NC2. The molecule has 1 aliphatic heterocycles. The van der Waals surface area contributed by atoms with Gasteiger partial charge in [0.2, 0.25) is 0 Å². The third-order valence-corrected chi connectivity index (χ3v) is 2.72. The number of carbonyl (C=O) groups is 1. The summed E-state index contributed by atoms with van der Waals surface area (Å²) in [6, 6.07) is 0.280. The zero-order valence-electron chi connectivity index (χ0n) is 6.12. The first-order chi connectivity index (χ1) is 4.79. The van der Waals surface area contributed by atoms with Gasteiger partial charge in [-0.1, -0.05) is 0 Å². The van der Waals surface area contributed by atoms with E-state index in [9.17, 15) is 4.79 Å². The standard InChI is InChI=1S/C7H11NO2.ClH/c9-7(10)6-4-1-2-5(6)8-3-4;/h4-6,8H,1-3H2,(H,9,10);1H/t4-,5+,6?;/m1./s1. The maximum Gasteiger partial charge on any atom is 0.308 e. The van der Waals surface area contributed by atoms with Crippen LogP contribution in [0.4, 0.5) is 0 Å². The molecule has 2 bridgehead atoms. The number of carboxylic acid groups (broad SMARTS) is 1. The predicted octanol–water partition coefficient (Wildman–Crippen LogP) is 0.491. The third-order valence-electron chi connectivity index (χ3n) is 2.72. The Morgan fingerprint density at radius 3 is 2.36 bits per heavy atom. The summed E-state index contributed by atoms with van der Waals surface area (Å²) in [6.07, 6.45) is 2.16. The molecule has 0 spiro atoms. The Morgan fingerprint density at radius 1 is 1.45 bits per heavy atom. The Kier molecular flexibility index (Phi) is 2.40. The predicted molar refractivity (Wildman–Crippen MR) is 42.9 cm³/mol. The van der Waals surface area contributed by atoms with Crippen LogP contribution in [0, 0.1) is 11.8 Å². The van der Waals surface area contributed by atoms with Crippen molar-refractivity contribution in [2.75, 3.05) is 6.54 Å². The number of aliphatic carboxylic acids is 1. The van der Waals surface area contributed by atoms with Gasteiger partial charge in [0.25, 0.3) is 0 Å². The summed E-state index contributed by atoms with van der Waals surface area (Å²) >= 11 is 0. The largest absolute Gasteiger partial charge is 0.481 e. The van der Waals surface area contributed by atoms with Crippen LogP contribution in [0.1, 0.15) is 12.8 Å². The second-order valence-electron chi connectivity index (χ2n) is 3.22. The molecule has 11 heavy (non-hydrogen) atoms. The van der Waals surface area contributed by atoms with Crippen LogP contribution in [0.25, 0.3) is 0 Å². The second kappa shape index (κ2) is 2.99. The van der Waals surface area contributed by atoms with E-state index in [1.807, 2.05) is 0 Å². The Morgan fingerprint density at radius 2 is 2.18 bits per heavy atom. The van der Waals surface area contributed by atoms with Crippen molar-refractivity contribution < 1.29 is 9.90 Å². The van der Waals surface area contributed by atoms with Crippen LogP contribution in [-0.4, -0.2) is 23.7 Å². The molecule has 1 saturated heterocycles. The average molecular weight is 178 g/mol. The van der Waals surface area contributed by atoms with Gasteiger partial charge < -0.3 is 10.4 Å². The van der Waals surface area contributed by atoms with Crippen LogP contribution in [0.3, 0.4) is 0 Å². The maximum absolute atomic E-state index is 10.6. The molecule has 0 radical (unpaired) electrons. The lowest BCUT2D eigenvalue weighted by molar-refractivity contribution is -0.142. The van der Waals surface area contributed by atoms with E-state index in [2.05, 4.69) is 5.32 Å². The van der Waals surface area contributed by atoms with Crippen molar-refractivity contribution in [3.8, 4) is 0 Å². The molecule has 4 heteroatoms. The van der Waals surface area contributed by atoms with E-state index in [-0.39, 0.29) is 24.4 Å². The summed E-state index contributed by atoms with van der Waals surface area (Å²) in [5, 5.41) is 12.0. The third kappa shape index (κ3) is 1.23. The fourth-order valence-electron chi connectivity index (χ4n) is 2.22. The Hall–Kier alpha value is -0.280. The molecular formula is C7H12ClNO2. The van der Waals surface area contributed by atoms with E-state index in [1.165, 1.54) is 0 Å². The summed E-state index contributed by atoms with van der Waals surface area (Å²) < 4.78 is 0. The Labute approximate surface area is 71.6 Å². The van der Waals surface area contributed by atoms with E-state index in [0.717, 1.165) is 19.4 Å². The minimum atomic E-state index is -0.613. The van der Waals surface area contributed by atoms with Crippen LogP contribution in [0.5, 0.6) is 0 Å². The van der Waals surface area contributed by atoms with E-state index < -0.39 is 5.97 Å². The van der Waals surface area contributed by atoms with E-state index >= 15 is 0 Å². The Bertz CT molecular complexity index is 154. The summed E-state index contributed by atoms with van der Waals surface area (Å²) in [5.74, 6) is -0.278. The lowest BCUT2D eigenvalue weighted by Gasteiger charge is -2.08. The molecule has 0 aromatic rings. The van der Waals surface area contributed by atoms with Gasteiger partial charge in [0.1, 0.15) is 0 Å². The van der Waals surface area contributed by atoms with Gasteiger partial charge in [0, 0.05) is 6.04 Å². The fourth-order valence-corrected chi connectivity index (χ4v) is 2.22. The van der Waals surface area contributed by atoms with Gasteiger partial charge in [0.05, 0.1) is 5.92 Å². The van der Waals surface area contributed by atoms with Gasteiger partial charge in [-0.2, -0.15) is 0 Å². The number of carboxylic acids is 1. The fraction of sp³-hybridized carbons (Fsp3) is 0.857. The molecule has 1 saturated carbocycles. The molecular weight excluding hydrogens is 166 g/mol. The van der Waals surface area contributed by atoms with Crippen molar-refractivity contribution >= 4 is 18.4 Å². The lowest BCUT2D eigenvalue weighted by atomic mass is 9.99. The minimum Gasteiger partial charge on any atom is -0.481 e. The lowest BCUT2D eigenvalue weighted by Crippen LogP contribution is -2.28. The highest BCUT2D eigenvalue weighted by Crippen LogP contribution is 2.36. The van der Waals surface area contributed by atoms with Gasteiger partial charge in [-0.25, -0.2) is 0 Å². The van der Waals surface area contributed by atoms with E-state index in [1.54, 1.807) is 0 Å². The van der Waals surface area contributed by atoms with Crippen LogP contribution < -0.4 is 5.32 Å². The summed E-state index contributed by atoms with van der Waals surface area (Å²) in [7, 11) is 0. The smallest absolute Gasteiger partial charge is 0.308 e. The molecule has 1 unspecified atom stereocenters. The molecule has 0 aromatic carbocycles. The number of hydrogen-bond donors (Lipinski definition) is 2. The summed E-state index contributed by atoms with van der Waals surface area (Å²) in [6.45, 7) is 0.918. The monoisotopic (exact) mass is 177 g/mol. The van der Waals surface area contributed by atoms with Gasteiger partial charge in [-0.15, -0.1) is 12.4 Å². The van der Waals surface area contributed by atoms with Crippen molar-refractivity contribution in [1.82, 2.24) is 5.32 Å². The van der Waals surface area contributed by atoms with Crippen LogP contribution >= 0.6 is 12.4 Å². The summed E-state index contributed by atoms with van der Waals surface area (Å²) in [5.41, 5.74) is 0. The Balaban J connectivity index is 0.000000605. The first kappa shape index (κ1) is 8.81. The number of rotatable bonds is 1. The van der Waals surface area contributed by atoms with Crippen molar-refractivity contribution in [3.05, 3.63) is 0 Å². The molecule has 1 aliphatic carbocycles. The normalized spacial score (nSPS) is 40.2. The van der Waals surface area contributed by atoms with Crippen molar-refractivity contribution in [2.24, 2.45) is 11.8 Å². The molecule has 1 heterocycles. The van der Waals surface area contributed by atoms with E-state index in [0.29, 0.717) is 5.92 Å². The van der Waals surface area contributed by atoms with Crippen molar-refractivity contribution in [3.63, 3.8) is 0 Å². The van der Waals surface area contributed by atoms with Gasteiger partial charge >= 0.3 is 5.97 Å². The number of nitrogens with one attached hydrogen (secondary N) is 1. The van der Waals surface area contributed by atoms with Crippen LogP contribution in [0.2, 0.25) is 0 Å². The maximum atomic E-state index is 10.6. The number of halogens is 1. The highest BCUT2D eigenvalue weighted by molar-refractivity contribution is 5.85. The molecule has 2 rings (SSSR count). The van der Waals surface area contributed by atoms with Crippen molar-refractivity contribution in [2.45, 2.75) is 18.9 Å². The number of piperidine rings is 1. The summed E-state index contributed by atoms with van der Waals surface area (Å²) in [4.78, 5) is 10.6. The van der Waals surface area contributed by atoms with Crippen LogP contribution in [-0.2, 0) is 4.79 Å². The second-order valence-corrected chi connectivity index (χ2v) is 3.22. The molecule has 3 nitrogen and oxygen atoms in total. The van der Waals surface area contributed by atoms with Gasteiger partial charge in [-0.05, 0) is 25.3 Å². The van der Waals surface area contributed by atoms with Crippen LogP contribution in [0.15, 0.2) is 0 Å². The molecule has 3 atom stereocenters. The average Bonchev–Trinajstić information content (AvgIpc) is 2.43. The minimum absolute atomic E-state index is 0. The topological polar surface area (TPSA) is 49.3 Å². The van der Waals surface area contributed by atoms with Crippen molar-refractivity contribution in [1.29, 1.82) is 0 Å². The zero-order valence-corrected chi connectivity index (χ0v) is 6.93. The number of fused-ring (bicyclic) bond motifs is 2. The van der Waals surface area contributed by atoms with Gasteiger partial charge in [0.15, 0.2) is 0 Å². The quantitative estimate of drug-likeness (QED) is 0.613.